The number of hydrogen-bond acceptors (Lipinski definition) is 6. The zero-order chi connectivity index (χ0) is 19.3. The summed E-state index contributed by atoms with van der Waals surface area (Å²) in [6, 6.07) is 14.4. The lowest BCUT2D eigenvalue weighted by Crippen LogP contribution is -2.12. The standard InChI is InChI=1S/C20H14ClN5OS/c21-18-10-14(6-9-23-18)19(27)24-15-2-1-3-16(11-15)25-20-26-17(12-28-20)13-4-7-22-8-5-13/h1-12H,(H,24,27)(H,25,26). The van der Waals surface area contributed by atoms with Crippen LogP contribution in [0.25, 0.3) is 11.3 Å². The highest BCUT2D eigenvalue weighted by molar-refractivity contribution is 7.14. The fraction of sp³-hybridized carbons (Fsp3) is 0. The van der Waals surface area contributed by atoms with E-state index in [0.29, 0.717) is 11.3 Å². The molecule has 0 bridgehead atoms. The first-order valence-electron chi connectivity index (χ1n) is 8.33. The number of benzene rings is 1. The summed E-state index contributed by atoms with van der Waals surface area (Å²) in [5.41, 5.74) is 3.82. The molecule has 8 heteroatoms. The normalized spacial score (nSPS) is 10.5. The molecule has 4 rings (SSSR count). The van der Waals surface area contributed by atoms with E-state index < -0.39 is 0 Å². The number of nitrogens with zero attached hydrogens (tertiary/aromatic N) is 3. The minimum Gasteiger partial charge on any atom is -0.331 e. The molecule has 0 spiro atoms. The molecule has 0 aliphatic carbocycles. The Morgan fingerprint density at radius 2 is 1.82 bits per heavy atom. The first-order chi connectivity index (χ1) is 13.7. The van der Waals surface area contributed by atoms with E-state index in [1.807, 2.05) is 41.8 Å². The van der Waals surface area contributed by atoms with Crippen LogP contribution in [0.15, 0.2) is 72.5 Å². The molecular formula is C20H14ClN5OS. The number of rotatable bonds is 5. The first-order valence-corrected chi connectivity index (χ1v) is 9.59. The Morgan fingerprint density at radius 1 is 1.00 bits per heavy atom. The number of pyridine rings is 2. The average molecular weight is 408 g/mol. The number of carbonyl (C=O) groups excluding carboxylic acids is 1. The molecule has 1 amide bonds. The number of carbonyl (C=O) groups is 1. The van der Waals surface area contributed by atoms with Gasteiger partial charge in [0.05, 0.1) is 5.69 Å². The van der Waals surface area contributed by atoms with E-state index >= 15 is 0 Å². The Labute approximate surface area is 170 Å². The quantitative estimate of drug-likeness (QED) is 0.442. The molecule has 0 saturated heterocycles. The Hall–Kier alpha value is -3.29. The van der Waals surface area contributed by atoms with Gasteiger partial charge in [-0.3, -0.25) is 9.78 Å². The van der Waals surface area contributed by atoms with Gasteiger partial charge in [-0.05, 0) is 42.5 Å². The second-order valence-electron chi connectivity index (χ2n) is 5.80. The van der Waals surface area contributed by atoms with Crippen molar-refractivity contribution in [2.24, 2.45) is 0 Å². The van der Waals surface area contributed by atoms with E-state index in [1.54, 1.807) is 18.5 Å². The highest BCUT2D eigenvalue weighted by Gasteiger charge is 2.08. The molecule has 3 heterocycles. The Bertz CT molecular complexity index is 1120. The van der Waals surface area contributed by atoms with E-state index in [0.717, 1.165) is 22.1 Å². The van der Waals surface area contributed by atoms with Gasteiger partial charge in [-0.25, -0.2) is 9.97 Å². The number of anilines is 3. The minimum absolute atomic E-state index is 0.254. The lowest BCUT2D eigenvalue weighted by atomic mass is 10.2. The molecule has 28 heavy (non-hydrogen) atoms. The summed E-state index contributed by atoms with van der Waals surface area (Å²) in [7, 11) is 0. The topological polar surface area (TPSA) is 79.8 Å². The lowest BCUT2D eigenvalue weighted by Gasteiger charge is -2.08. The number of aromatic nitrogens is 3. The van der Waals surface area contributed by atoms with Crippen molar-refractivity contribution >= 4 is 45.4 Å². The number of hydrogen-bond donors (Lipinski definition) is 2. The van der Waals surface area contributed by atoms with Gasteiger partial charge in [-0.15, -0.1) is 11.3 Å². The van der Waals surface area contributed by atoms with E-state index in [-0.39, 0.29) is 11.1 Å². The van der Waals surface area contributed by atoms with Crippen molar-refractivity contribution in [3.05, 3.63) is 83.2 Å². The largest absolute Gasteiger partial charge is 0.331 e. The number of thiazole rings is 1. The Morgan fingerprint density at radius 3 is 2.64 bits per heavy atom. The maximum atomic E-state index is 12.4. The summed E-state index contributed by atoms with van der Waals surface area (Å²) in [6.07, 6.45) is 4.98. The third-order valence-corrected chi connectivity index (χ3v) is 4.81. The van der Waals surface area contributed by atoms with Crippen LogP contribution in [0.1, 0.15) is 10.4 Å². The summed E-state index contributed by atoms with van der Waals surface area (Å²) >= 11 is 7.35. The van der Waals surface area contributed by atoms with Crippen LogP contribution in [0.4, 0.5) is 16.5 Å². The average Bonchev–Trinajstić information content (AvgIpc) is 3.17. The summed E-state index contributed by atoms with van der Waals surface area (Å²) in [5.74, 6) is -0.254. The highest BCUT2D eigenvalue weighted by atomic mass is 35.5. The smallest absolute Gasteiger partial charge is 0.255 e. The van der Waals surface area contributed by atoms with E-state index in [9.17, 15) is 4.79 Å². The molecule has 0 unspecified atom stereocenters. The molecular weight excluding hydrogens is 394 g/mol. The van der Waals surface area contributed by atoms with Crippen LogP contribution < -0.4 is 10.6 Å². The molecule has 0 fully saturated rings. The van der Waals surface area contributed by atoms with Gasteiger partial charge in [0.25, 0.3) is 5.91 Å². The molecule has 3 aromatic heterocycles. The van der Waals surface area contributed by atoms with Crippen molar-refractivity contribution < 1.29 is 4.79 Å². The molecule has 0 atom stereocenters. The third kappa shape index (κ3) is 4.33. The van der Waals surface area contributed by atoms with Gasteiger partial charge in [0.1, 0.15) is 5.15 Å². The molecule has 0 aliphatic rings. The van der Waals surface area contributed by atoms with Crippen LogP contribution in [-0.4, -0.2) is 20.9 Å². The van der Waals surface area contributed by atoms with Gasteiger partial charge in [0.15, 0.2) is 5.13 Å². The fourth-order valence-electron chi connectivity index (χ4n) is 2.53. The van der Waals surface area contributed by atoms with E-state index in [1.165, 1.54) is 23.6 Å². The monoisotopic (exact) mass is 407 g/mol. The molecule has 1 aromatic carbocycles. The zero-order valence-electron chi connectivity index (χ0n) is 14.5. The predicted octanol–water partition coefficient (Wildman–Crippen LogP) is 5.25. The number of amides is 1. The SMILES string of the molecule is O=C(Nc1cccc(Nc2nc(-c3ccncc3)cs2)c1)c1ccnc(Cl)c1. The van der Waals surface area contributed by atoms with Crippen molar-refractivity contribution in [2.45, 2.75) is 0 Å². The third-order valence-electron chi connectivity index (χ3n) is 3.84. The second kappa shape index (κ2) is 8.16. The zero-order valence-corrected chi connectivity index (χ0v) is 16.0. The van der Waals surface area contributed by atoms with Crippen LogP contribution in [0.5, 0.6) is 0 Å². The highest BCUT2D eigenvalue weighted by Crippen LogP contribution is 2.27. The van der Waals surface area contributed by atoms with Gasteiger partial charge in [0, 0.05) is 46.5 Å². The van der Waals surface area contributed by atoms with Crippen LogP contribution in [-0.2, 0) is 0 Å². The summed E-state index contributed by atoms with van der Waals surface area (Å²) in [5, 5.41) is 9.14. The molecule has 6 nitrogen and oxygen atoms in total. The van der Waals surface area contributed by atoms with E-state index in [4.69, 9.17) is 11.6 Å². The summed E-state index contributed by atoms with van der Waals surface area (Å²) in [4.78, 5) is 24.9. The van der Waals surface area contributed by atoms with Gasteiger partial charge < -0.3 is 10.6 Å². The van der Waals surface area contributed by atoms with Gasteiger partial charge >= 0.3 is 0 Å². The van der Waals surface area contributed by atoms with Gasteiger partial charge in [-0.1, -0.05) is 17.7 Å². The van der Waals surface area contributed by atoms with Crippen molar-refractivity contribution in [3.63, 3.8) is 0 Å². The molecule has 0 saturated carbocycles. The van der Waals surface area contributed by atoms with Gasteiger partial charge in [0.2, 0.25) is 0 Å². The molecule has 4 aromatic rings. The van der Waals surface area contributed by atoms with Crippen LogP contribution in [0, 0.1) is 0 Å². The molecule has 2 N–H and O–H groups in total. The fourth-order valence-corrected chi connectivity index (χ4v) is 3.45. The second-order valence-corrected chi connectivity index (χ2v) is 7.05. The van der Waals surface area contributed by atoms with Crippen LogP contribution in [0.2, 0.25) is 5.15 Å². The summed E-state index contributed by atoms with van der Waals surface area (Å²) < 4.78 is 0. The number of nitrogens with one attached hydrogen (secondary N) is 2. The Balaban J connectivity index is 1.47. The maximum absolute atomic E-state index is 12.4. The Kier molecular flexibility index (Phi) is 5.27. The van der Waals surface area contributed by atoms with Gasteiger partial charge in [-0.2, -0.15) is 0 Å². The van der Waals surface area contributed by atoms with Crippen LogP contribution in [0.3, 0.4) is 0 Å². The number of halogens is 1. The van der Waals surface area contributed by atoms with Crippen molar-refractivity contribution in [1.82, 2.24) is 15.0 Å². The molecule has 0 radical (unpaired) electrons. The lowest BCUT2D eigenvalue weighted by molar-refractivity contribution is 0.102. The van der Waals surface area contributed by atoms with Crippen molar-refractivity contribution in [1.29, 1.82) is 0 Å². The summed E-state index contributed by atoms with van der Waals surface area (Å²) in [6.45, 7) is 0. The minimum atomic E-state index is -0.254. The first kappa shape index (κ1) is 18.1. The van der Waals surface area contributed by atoms with Crippen molar-refractivity contribution in [2.75, 3.05) is 10.6 Å². The maximum Gasteiger partial charge on any atom is 0.255 e. The van der Waals surface area contributed by atoms with E-state index in [2.05, 4.69) is 25.6 Å². The van der Waals surface area contributed by atoms with Crippen LogP contribution >= 0.6 is 22.9 Å². The predicted molar refractivity (Wildman–Crippen MR) is 112 cm³/mol. The van der Waals surface area contributed by atoms with Crippen molar-refractivity contribution in [3.8, 4) is 11.3 Å². The molecule has 0 aliphatic heterocycles. The molecule has 138 valence electrons.